The molecule has 1 heterocycles. The third-order valence-corrected chi connectivity index (χ3v) is 2.57. The Morgan fingerprint density at radius 3 is 2.71 bits per heavy atom. The first-order valence-electron chi connectivity index (χ1n) is 3.96. The van der Waals surface area contributed by atoms with Crippen molar-refractivity contribution < 1.29 is 17.4 Å². The number of benzene rings is 1. The molecule has 0 aliphatic rings. The zero-order valence-corrected chi connectivity index (χ0v) is 7.99. The number of para-hydroxylation sites is 1. The SMILES string of the molecule is O=S(=O)(O)Cc1coc2ccccc12. The van der Waals surface area contributed by atoms with E-state index in [4.69, 9.17) is 8.97 Å². The minimum absolute atomic E-state index is 0.413. The van der Waals surface area contributed by atoms with Gasteiger partial charge in [-0.3, -0.25) is 4.55 Å². The number of fused-ring (bicyclic) bond motifs is 1. The van der Waals surface area contributed by atoms with Gasteiger partial charge in [-0.1, -0.05) is 18.2 Å². The van der Waals surface area contributed by atoms with Gasteiger partial charge in [0.1, 0.15) is 11.3 Å². The quantitative estimate of drug-likeness (QED) is 0.771. The molecule has 0 fully saturated rings. The molecular formula is C9H8O4S. The van der Waals surface area contributed by atoms with Crippen LogP contribution in [0.15, 0.2) is 34.9 Å². The molecule has 14 heavy (non-hydrogen) atoms. The van der Waals surface area contributed by atoms with Gasteiger partial charge >= 0.3 is 0 Å². The van der Waals surface area contributed by atoms with Gasteiger partial charge in [0, 0.05) is 10.9 Å². The maximum atomic E-state index is 10.7. The van der Waals surface area contributed by atoms with Crippen LogP contribution in [0.4, 0.5) is 0 Å². The van der Waals surface area contributed by atoms with Crippen LogP contribution in [0.1, 0.15) is 5.56 Å². The van der Waals surface area contributed by atoms with E-state index in [9.17, 15) is 8.42 Å². The van der Waals surface area contributed by atoms with Crippen molar-refractivity contribution >= 4 is 21.1 Å². The van der Waals surface area contributed by atoms with Crippen molar-refractivity contribution in [3.05, 3.63) is 36.1 Å². The molecule has 0 bridgehead atoms. The molecule has 5 heteroatoms. The maximum Gasteiger partial charge on any atom is 0.269 e. The second-order valence-electron chi connectivity index (χ2n) is 2.98. The summed E-state index contributed by atoms with van der Waals surface area (Å²) in [5.41, 5.74) is 1.09. The van der Waals surface area contributed by atoms with Crippen LogP contribution in [-0.2, 0) is 15.9 Å². The van der Waals surface area contributed by atoms with E-state index in [1.807, 2.05) is 0 Å². The van der Waals surface area contributed by atoms with E-state index >= 15 is 0 Å². The minimum Gasteiger partial charge on any atom is -0.464 e. The van der Waals surface area contributed by atoms with Crippen molar-refractivity contribution in [2.24, 2.45) is 0 Å². The second kappa shape index (κ2) is 3.11. The Morgan fingerprint density at radius 1 is 1.29 bits per heavy atom. The van der Waals surface area contributed by atoms with Crippen molar-refractivity contribution in [3.8, 4) is 0 Å². The van der Waals surface area contributed by atoms with Gasteiger partial charge in [0.15, 0.2) is 0 Å². The number of rotatable bonds is 2. The Bertz CT molecular complexity index is 553. The highest BCUT2D eigenvalue weighted by molar-refractivity contribution is 7.85. The topological polar surface area (TPSA) is 67.5 Å². The number of furan rings is 1. The molecule has 1 N–H and O–H groups in total. The summed E-state index contributed by atoms with van der Waals surface area (Å²) in [6.45, 7) is 0. The smallest absolute Gasteiger partial charge is 0.269 e. The molecule has 0 aliphatic carbocycles. The average Bonchev–Trinajstić information content (AvgIpc) is 2.47. The summed E-state index contributed by atoms with van der Waals surface area (Å²) in [6, 6.07) is 7.07. The van der Waals surface area contributed by atoms with Gasteiger partial charge in [-0.2, -0.15) is 8.42 Å². The molecule has 2 rings (SSSR count). The van der Waals surface area contributed by atoms with Crippen molar-refractivity contribution in [3.63, 3.8) is 0 Å². The van der Waals surface area contributed by atoms with Crippen LogP contribution in [0, 0.1) is 0 Å². The Labute approximate surface area is 80.9 Å². The van der Waals surface area contributed by atoms with E-state index in [1.54, 1.807) is 24.3 Å². The Balaban J connectivity index is 2.54. The van der Waals surface area contributed by atoms with Crippen LogP contribution >= 0.6 is 0 Å². The molecular weight excluding hydrogens is 204 g/mol. The molecule has 0 saturated carbocycles. The molecule has 0 amide bonds. The average molecular weight is 212 g/mol. The zero-order valence-electron chi connectivity index (χ0n) is 7.17. The Morgan fingerprint density at radius 2 is 2.00 bits per heavy atom. The molecule has 0 saturated heterocycles. The van der Waals surface area contributed by atoms with Gasteiger partial charge in [-0.05, 0) is 6.07 Å². The third kappa shape index (κ3) is 1.78. The summed E-state index contributed by atoms with van der Waals surface area (Å²) >= 11 is 0. The normalized spacial score (nSPS) is 12.1. The molecule has 1 aromatic heterocycles. The highest BCUT2D eigenvalue weighted by atomic mass is 32.2. The minimum atomic E-state index is -4.00. The van der Waals surface area contributed by atoms with Crippen LogP contribution in [0.25, 0.3) is 11.0 Å². The highest BCUT2D eigenvalue weighted by Crippen LogP contribution is 2.21. The summed E-state index contributed by atoms with van der Waals surface area (Å²) in [5.74, 6) is -0.413. The van der Waals surface area contributed by atoms with E-state index in [2.05, 4.69) is 0 Å². The molecule has 0 aliphatic heterocycles. The Kier molecular flexibility index (Phi) is 2.05. The van der Waals surface area contributed by atoms with Crippen LogP contribution in [0.2, 0.25) is 0 Å². The first-order valence-corrected chi connectivity index (χ1v) is 5.57. The van der Waals surface area contributed by atoms with Crippen molar-refractivity contribution in [2.75, 3.05) is 0 Å². The maximum absolute atomic E-state index is 10.7. The predicted octanol–water partition coefficient (Wildman–Crippen LogP) is 1.82. The van der Waals surface area contributed by atoms with Gasteiger partial charge in [0.2, 0.25) is 0 Å². The summed E-state index contributed by atoms with van der Waals surface area (Å²) in [6.07, 6.45) is 1.35. The van der Waals surface area contributed by atoms with E-state index in [0.29, 0.717) is 16.5 Å². The molecule has 0 unspecified atom stereocenters. The molecule has 74 valence electrons. The summed E-state index contributed by atoms with van der Waals surface area (Å²) in [5, 5.41) is 0.713. The first-order chi connectivity index (χ1) is 6.56. The molecule has 0 radical (unpaired) electrons. The summed E-state index contributed by atoms with van der Waals surface area (Å²) < 4.78 is 35.1. The summed E-state index contributed by atoms with van der Waals surface area (Å²) in [7, 11) is -4.00. The molecule has 0 atom stereocenters. The lowest BCUT2D eigenvalue weighted by molar-refractivity contribution is 0.481. The van der Waals surface area contributed by atoms with Crippen molar-refractivity contribution in [1.82, 2.24) is 0 Å². The fourth-order valence-corrected chi connectivity index (χ4v) is 1.96. The fourth-order valence-electron chi connectivity index (χ4n) is 1.34. The van der Waals surface area contributed by atoms with Gasteiger partial charge < -0.3 is 4.42 Å². The van der Waals surface area contributed by atoms with Gasteiger partial charge in [0.25, 0.3) is 10.1 Å². The van der Waals surface area contributed by atoms with Crippen molar-refractivity contribution in [2.45, 2.75) is 5.75 Å². The van der Waals surface area contributed by atoms with Gasteiger partial charge in [-0.25, -0.2) is 0 Å². The highest BCUT2D eigenvalue weighted by Gasteiger charge is 2.12. The fraction of sp³-hybridized carbons (Fsp3) is 0.111. The number of hydrogen-bond donors (Lipinski definition) is 1. The van der Waals surface area contributed by atoms with E-state index in [0.717, 1.165) is 0 Å². The van der Waals surface area contributed by atoms with E-state index in [-0.39, 0.29) is 0 Å². The molecule has 0 spiro atoms. The lowest BCUT2D eigenvalue weighted by Crippen LogP contribution is -2.00. The summed E-state index contributed by atoms with van der Waals surface area (Å²) in [4.78, 5) is 0. The van der Waals surface area contributed by atoms with Crippen molar-refractivity contribution in [1.29, 1.82) is 0 Å². The Hall–Kier alpha value is -1.33. The van der Waals surface area contributed by atoms with Crippen LogP contribution in [0.3, 0.4) is 0 Å². The zero-order chi connectivity index (χ0) is 10.2. The van der Waals surface area contributed by atoms with Gasteiger partial charge in [-0.15, -0.1) is 0 Å². The third-order valence-electron chi connectivity index (χ3n) is 1.90. The van der Waals surface area contributed by atoms with Crippen LogP contribution in [0.5, 0.6) is 0 Å². The standard InChI is InChI=1S/C9H8O4S/c10-14(11,12)6-7-5-13-9-4-2-1-3-8(7)9/h1-5H,6H2,(H,10,11,12). The van der Waals surface area contributed by atoms with E-state index < -0.39 is 15.9 Å². The van der Waals surface area contributed by atoms with Gasteiger partial charge in [0.05, 0.1) is 6.26 Å². The molecule has 2 aromatic rings. The lowest BCUT2D eigenvalue weighted by Gasteiger charge is -1.93. The first kappa shape index (κ1) is 9.23. The largest absolute Gasteiger partial charge is 0.464 e. The van der Waals surface area contributed by atoms with E-state index in [1.165, 1.54) is 6.26 Å². The second-order valence-corrected chi connectivity index (χ2v) is 4.44. The predicted molar refractivity (Wildman–Crippen MR) is 51.5 cm³/mol. The number of hydrogen-bond acceptors (Lipinski definition) is 3. The molecule has 4 nitrogen and oxygen atoms in total. The lowest BCUT2D eigenvalue weighted by atomic mass is 10.2. The van der Waals surface area contributed by atoms with Crippen LogP contribution < -0.4 is 0 Å². The van der Waals surface area contributed by atoms with Crippen LogP contribution in [-0.4, -0.2) is 13.0 Å². The molecule has 1 aromatic carbocycles. The monoisotopic (exact) mass is 212 g/mol.